The fraction of sp³-hybridized carbons (Fsp3) is 0.0714. The molecule has 5 rings (SSSR count). The van der Waals surface area contributed by atoms with Crippen LogP contribution in [0, 0.1) is 19.7 Å². The van der Waals surface area contributed by atoms with E-state index in [1.165, 1.54) is 23.0 Å². The topological polar surface area (TPSA) is 85.0 Å². The van der Waals surface area contributed by atoms with Crippen LogP contribution in [-0.4, -0.2) is 26.0 Å². The maximum Gasteiger partial charge on any atom is 0.250 e. The van der Waals surface area contributed by atoms with Crippen LogP contribution in [-0.2, 0) is 4.79 Å². The van der Waals surface area contributed by atoms with E-state index in [4.69, 9.17) is 28.2 Å². The number of carbonyl (C=O) groups excluding carboxylic acids is 1. The van der Waals surface area contributed by atoms with Crippen molar-refractivity contribution in [3.8, 4) is 17.0 Å². The highest BCUT2D eigenvalue weighted by Crippen LogP contribution is 2.27. The number of fused-ring (bicyclic) bond motifs is 1. The van der Waals surface area contributed by atoms with Crippen molar-refractivity contribution in [2.24, 2.45) is 0 Å². The second-order valence-electron chi connectivity index (χ2n) is 8.56. The Bertz CT molecular complexity index is 1710. The molecule has 0 bridgehead atoms. The van der Waals surface area contributed by atoms with Gasteiger partial charge in [-0.25, -0.2) is 4.39 Å². The predicted octanol–water partition coefficient (Wildman–Crippen LogP) is 6.62. The van der Waals surface area contributed by atoms with Crippen LogP contribution < -0.4 is 10.6 Å². The quantitative estimate of drug-likeness (QED) is 0.191. The van der Waals surface area contributed by atoms with Crippen molar-refractivity contribution in [2.75, 3.05) is 5.32 Å². The van der Waals surface area contributed by atoms with Crippen molar-refractivity contribution in [3.63, 3.8) is 0 Å². The average Bonchev–Trinajstić information content (AvgIpc) is 3.52. The zero-order valence-electron chi connectivity index (χ0n) is 20.3. The SMILES string of the molecule is Cc1ccc(-c2ccc(/C=C/C(=O)NC(=S)Nc3cc4nn(-c5ccc(F)cc5)nc4cc3C)o2)cc1Cl. The van der Waals surface area contributed by atoms with Crippen LogP contribution in [0.4, 0.5) is 10.1 Å². The van der Waals surface area contributed by atoms with E-state index in [9.17, 15) is 9.18 Å². The molecule has 3 aromatic carbocycles. The van der Waals surface area contributed by atoms with Crippen LogP contribution in [0.3, 0.4) is 0 Å². The van der Waals surface area contributed by atoms with E-state index in [1.54, 1.807) is 30.3 Å². The number of furan rings is 1. The number of anilines is 1. The molecule has 0 radical (unpaired) electrons. The lowest BCUT2D eigenvalue weighted by atomic mass is 10.1. The molecule has 10 heteroatoms. The molecule has 2 N–H and O–H groups in total. The number of hydrogen-bond acceptors (Lipinski definition) is 5. The van der Waals surface area contributed by atoms with E-state index in [2.05, 4.69) is 20.8 Å². The molecule has 2 aromatic heterocycles. The van der Waals surface area contributed by atoms with E-state index < -0.39 is 5.91 Å². The van der Waals surface area contributed by atoms with Crippen LogP contribution in [0.1, 0.15) is 16.9 Å². The summed E-state index contributed by atoms with van der Waals surface area (Å²) in [4.78, 5) is 13.9. The first-order chi connectivity index (χ1) is 18.2. The predicted molar refractivity (Wildman–Crippen MR) is 151 cm³/mol. The van der Waals surface area contributed by atoms with Gasteiger partial charge in [-0.15, -0.1) is 10.2 Å². The standard InChI is InChI=1S/C28H21ClFN5O2S/c1-16-3-4-18(14-22(16)29)26-11-9-21(37-26)10-12-27(36)32-28(38)31-23-15-25-24(13-17(23)2)33-35(34-25)20-7-5-19(30)6-8-20/h3-15H,1-2H3,(H2,31,32,36,38)/b12-10+. The maximum absolute atomic E-state index is 13.2. The Morgan fingerprint density at radius 2 is 1.74 bits per heavy atom. The summed E-state index contributed by atoms with van der Waals surface area (Å²) in [5, 5.41) is 15.3. The van der Waals surface area contributed by atoms with Gasteiger partial charge in [0, 0.05) is 22.3 Å². The molecule has 0 aliphatic carbocycles. The summed E-state index contributed by atoms with van der Waals surface area (Å²) >= 11 is 11.5. The average molecular weight is 546 g/mol. The molecule has 2 heterocycles. The Balaban J connectivity index is 1.23. The molecule has 0 spiro atoms. The highest BCUT2D eigenvalue weighted by atomic mass is 35.5. The molecule has 0 aliphatic rings. The number of nitrogens with one attached hydrogen (secondary N) is 2. The molecule has 5 aromatic rings. The first-order valence-electron chi connectivity index (χ1n) is 11.6. The first-order valence-corrected chi connectivity index (χ1v) is 12.3. The molecule has 0 atom stereocenters. The Kier molecular flexibility index (Phi) is 7.04. The number of hydrogen-bond donors (Lipinski definition) is 2. The largest absolute Gasteiger partial charge is 0.457 e. The highest BCUT2D eigenvalue weighted by Gasteiger charge is 2.11. The van der Waals surface area contributed by atoms with E-state index >= 15 is 0 Å². The monoisotopic (exact) mass is 545 g/mol. The lowest BCUT2D eigenvalue weighted by Crippen LogP contribution is -2.33. The molecule has 190 valence electrons. The molecular weight excluding hydrogens is 525 g/mol. The molecule has 0 saturated heterocycles. The number of halogens is 2. The summed E-state index contributed by atoms with van der Waals surface area (Å²) in [6.45, 7) is 3.82. The van der Waals surface area contributed by atoms with Crippen LogP contribution in [0.25, 0.3) is 34.1 Å². The van der Waals surface area contributed by atoms with Gasteiger partial charge in [0.25, 0.3) is 0 Å². The molecule has 38 heavy (non-hydrogen) atoms. The maximum atomic E-state index is 13.2. The van der Waals surface area contributed by atoms with Crippen molar-refractivity contribution in [3.05, 3.63) is 101 Å². The fourth-order valence-corrected chi connectivity index (χ4v) is 4.09. The van der Waals surface area contributed by atoms with Crippen LogP contribution in [0.2, 0.25) is 5.02 Å². The van der Waals surface area contributed by atoms with Gasteiger partial charge in [-0.2, -0.15) is 4.80 Å². The minimum atomic E-state index is -0.417. The second-order valence-corrected chi connectivity index (χ2v) is 9.38. The lowest BCUT2D eigenvalue weighted by Gasteiger charge is -2.10. The zero-order chi connectivity index (χ0) is 26.8. The van der Waals surface area contributed by atoms with Crippen LogP contribution >= 0.6 is 23.8 Å². The van der Waals surface area contributed by atoms with Crippen molar-refractivity contribution in [1.29, 1.82) is 0 Å². The van der Waals surface area contributed by atoms with Gasteiger partial charge in [-0.3, -0.25) is 10.1 Å². The summed E-state index contributed by atoms with van der Waals surface area (Å²) in [5.74, 6) is 0.405. The summed E-state index contributed by atoms with van der Waals surface area (Å²) in [6, 6.07) is 18.8. The lowest BCUT2D eigenvalue weighted by molar-refractivity contribution is -0.115. The number of benzene rings is 3. The van der Waals surface area contributed by atoms with E-state index in [-0.39, 0.29) is 10.9 Å². The van der Waals surface area contributed by atoms with Crippen LogP contribution in [0.15, 0.2) is 77.2 Å². The number of nitrogens with zero attached hydrogens (tertiary/aromatic N) is 3. The third-order valence-corrected chi connectivity index (χ3v) is 6.36. The minimum absolute atomic E-state index is 0.127. The fourth-order valence-electron chi connectivity index (χ4n) is 3.70. The van der Waals surface area contributed by atoms with E-state index in [0.29, 0.717) is 39.0 Å². The number of aryl methyl sites for hydroxylation is 2. The number of thiocarbonyl (C=S) groups is 1. The van der Waals surface area contributed by atoms with Gasteiger partial charge in [-0.1, -0.05) is 23.7 Å². The summed E-state index contributed by atoms with van der Waals surface area (Å²) in [5.41, 5.74) is 5.27. The first kappa shape index (κ1) is 25.3. The highest BCUT2D eigenvalue weighted by molar-refractivity contribution is 7.80. The molecule has 0 aliphatic heterocycles. The molecule has 0 saturated carbocycles. The van der Waals surface area contributed by atoms with Gasteiger partial charge < -0.3 is 9.73 Å². The van der Waals surface area contributed by atoms with Gasteiger partial charge in [0.1, 0.15) is 28.4 Å². The molecule has 7 nitrogen and oxygen atoms in total. The van der Waals surface area contributed by atoms with Crippen molar-refractivity contribution < 1.29 is 13.6 Å². The van der Waals surface area contributed by atoms with E-state index in [0.717, 1.165) is 16.7 Å². The normalized spacial score (nSPS) is 11.3. The third-order valence-electron chi connectivity index (χ3n) is 5.75. The van der Waals surface area contributed by atoms with Gasteiger partial charge in [0.15, 0.2) is 5.11 Å². The number of carbonyl (C=O) groups is 1. The Morgan fingerprint density at radius 1 is 1.00 bits per heavy atom. The van der Waals surface area contributed by atoms with Gasteiger partial charge >= 0.3 is 0 Å². The molecule has 0 fully saturated rings. The van der Waals surface area contributed by atoms with Crippen LogP contribution in [0.5, 0.6) is 0 Å². The zero-order valence-corrected chi connectivity index (χ0v) is 21.9. The Labute approximate surface area is 227 Å². The summed E-state index contributed by atoms with van der Waals surface area (Å²) in [7, 11) is 0. The van der Waals surface area contributed by atoms with Crippen molar-refractivity contribution >= 4 is 57.6 Å². The number of rotatable bonds is 5. The molecule has 1 amide bonds. The number of amides is 1. The molecular formula is C28H21ClFN5O2S. The molecule has 0 unspecified atom stereocenters. The minimum Gasteiger partial charge on any atom is -0.457 e. The van der Waals surface area contributed by atoms with Crippen molar-refractivity contribution in [1.82, 2.24) is 20.3 Å². The summed E-state index contributed by atoms with van der Waals surface area (Å²) < 4.78 is 19.0. The summed E-state index contributed by atoms with van der Waals surface area (Å²) in [6.07, 6.45) is 2.89. The van der Waals surface area contributed by atoms with Gasteiger partial charge in [-0.05, 0) is 97.9 Å². The van der Waals surface area contributed by atoms with Crippen molar-refractivity contribution in [2.45, 2.75) is 13.8 Å². The van der Waals surface area contributed by atoms with E-state index in [1.807, 2.05) is 44.2 Å². The third kappa shape index (κ3) is 5.64. The smallest absolute Gasteiger partial charge is 0.250 e. The Hall–Kier alpha value is -4.34. The van der Waals surface area contributed by atoms with Gasteiger partial charge in [0.05, 0.1) is 5.69 Å². The van der Waals surface area contributed by atoms with Gasteiger partial charge in [0.2, 0.25) is 5.91 Å². The number of aromatic nitrogens is 3. The Morgan fingerprint density at radius 3 is 2.47 bits per heavy atom. The second kappa shape index (κ2) is 10.6.